The Kier molecular flexibility index (Phi) is 4.29. The van der Waals surface area contributed by atoms with Gasteiger partial charge in [-0.1, -0.05) is 0 Å². The maximum absolute atomic E-state index is 5.41. The van der Waals surface area contributed by atoms with E-state index >= 15 is 0 Å². The number of aromatic nitrogens is 2. The second-order valence-electron chi connectivity index (χ2n) is 4.51. The van der Waals surface area contributed by atoms with Gasteiger partial charge in [-0.3, -0.25) is 4.68 Å². The van der Waals surface area contributed by atoms with Crippen molar-refractivity contribution < 1.29 is 9.47 Å². The third-order valence-electron chi connectivity index (χ3n) is 2.02. The second-order valence-corrected chi connectivity index (χ2v) is 4.51. The minimum absolute atomic E-state index is 0.0325. The van der Waals surface area contributed by atoms with E-state index in [0.29, 0.717) is 19.8 Å². The molecule has 4 heteroatoms. The standard InChI is InChI=1S/C11H20N2O2/c1-11(2,3)13-8-10(7-12-13)9-15-6-5-14-4/h7-8H,5-6,9H2,1-4H3. The maximum Gasteiger partial charge on any atom is 0.0748 e. The van der Waals surface area contributed by atoms with Crippen molar-refractivity contribution in [2.24, 2.45) is 0 Å². The van der Waals surface area contributed by atoms with E-state index in [1.807, 2.05) is 17.1 Å². The van der Waals surface area contributed by atoms with E-state index in [0.717, 1.165) is 5.56 Å². The first-order valence-electron chi connectivity index (χ1n) is 5.15. The lowest BCUT2D eigenvalue weighted by Gasteiger charge is -2.18. The minimum Gasteiger partial charge on any atom is -0.382 e. The Morgan fingerprint density at radius 2 is 2.07 bits per heavy atom. The molecule has 0 saturated heterocycles. The summed E-state index contributed by atoms with van der Waals surface area (Å²) in [6.07, 6.45) is 3.87. The van der Waals surface area contributed by atoms with Gasteiger partial charge in [-0.15, -0.1) is 0 Å². The zero-order valence-electron chi connectivity index (χ0n) is 9.99. The Morgan fingerprint density at radius 1 is 1.33 bits per heavy atom. The summed E-state index contributed by atoms with van der Waals surface area (Å²) < 4.78 is 12.2. The molecule has 0 aliphatic heterocycles. The van der Waals surface area contributed by atoms with E-state index in [9.17, 15) is 0 Å². The van der Waals surface area contributed by atoms with Crippen LogP contribution in [0.15, 0.2) is 12.4 Å². The predicted octanol–water partition coefficient (Wildman–Crippen LogP) is 1.80. The average molecular weight is 212 g/mol. The van der Waals surface area contributed by atoms with Crippen LogP contribution in [0.25, 0.3) is 0 Å². The largest absolute Gasteiger partial charge is 0.382 e. The van der Waals surface area contributed by atoms with Crippen molar-refractivity contribution in [1.82, 2.24) is 9.78 Å². The van der Waals surface area contributed by atoms with Crippen LogP contribution in [0.2, 0.25) is 0 Å². The summed E-state index contributed by atoms with van der Waals surface area (Å²) in [7, 11) is 1.67. The van der Waals surface area contributed by atoms with E-state index in [1.165, 1.54) is 0 Å². The highest BCUT2D eigenvalue weighted by Gasteiger charge is 2.13. The highest BCUT2D eigenvalue weighted by molar-refractivity contribution is 5.03. The van der Waals surface area contributed by atoms with E-state index in [-0.39, 0.29) is 5.54 Å². The Bertz CT molecular complexity index is 289. The molecule has 0 fully saturated rings. The summed E-state index contributed by atoms with van der Waals surface area (Å²) in [5.41, 5.74) is 1.13. The fraction of sp³-hybridized carbons (Fsp3) is 0.727. The summed E-state index contributed by atoms with van der Waals surface area (Å²) >= 11 is 0. The van der Waals surface area contributed by atoms with Crippen LogP contribution in [0, 0.1) is 0 Å². The molecule has 0 aromatic carbocycles. The van der Waals surface area contributed by atoms with Gasteiger partial charge in [-0.2, -0.15) is 5.10 Å². The Hall–Kier alpha value is -0.870. The molecule has 0 spiro atoms. The van der Waals surface area contributed by atoms with Crippen LogP contribution < -0.4 is 0 Å². The first-order valence-corrected chi connectivity index (χ1v) is 5.15. The Balaban J connectivity index is 2.40. The molecule has 1 rings (SSSR count). The molecule has 0 N–H and O–H groups in total. The summed E-state index contributed by atoms with van der Waals surface area (Å²) in [5, 5.41) is 4.29. The average Bonchev–Trinajstić information content (AvgIpc) is 2.60. The van der Waals surface area contributed by atoms with Crippen molar-refractivity contribution in [3.8, 4) is 0 Å². The molecule has 0 bridgehead atoms. The van der Waals surface area contributed by atoms with Crippen molar-refractivity contribution in [1.29, 1.82) is 0 Å². The van der Waals surface area contributed by atoms with Crippen LogP contribution in [-0.2, 0) is 21.6 Å². The summed E-state index contributed by atoms with van der Waals surface area (Å²) in [6, 6.07) is 0. The molecule has 15 heavy (non-hydrogen) atoms. The van der Waals surface area contributed by atoms with E-state index < -0.39 is 0 Å². The predicted molar refractivity (Wildman–Crippen MR) is 58.8 cm³/mol. The van der Waals surface area contributed by atoms with Gasteiger partial charge in [-0.05, 0) is 20.8 Å². The van der Waals surface area contributed by atoms with Crippen LogP contribution >= 0.6 is 0 Å². The summed E-state index contributed by atoms with van der Waals surface area (Å²) in [4.78, 5) is 0. The number of methoxy groups -OCH3 is 1. The van der Waals surface area contributed by atoms with Gasteiger partial charge in [0.2, 0.25) is 0 Å². The Labute approximate surface area is 91.2 Å². The number of hydrogen-bond acceptors (Lipinski definition) is 3. The third kappa shape index (κ3) is 4.01. The zero-order valence-corrected chi connectivity index (χ0v) is 9.99. The smallest absolute Gasteiger partial charge is 0.0748 e. The van der Waals surface area contributed by atoms with E-state index in [4.69, 9.17) is 9.47 Å². The van der Waals surface area contributed by atoms with Crippen molar-refractivity contribution >= 4 is 0 Å². The fourth-order valence-electron chi connectivity index (χ4n) is 1.13. The molecule has 4 nitrogen and oxygen atoms in total. The maximum atomic E-state index is 5.41. The van der Waals surface area contributed by atoms with Crippen molar-refractivity contribution in [3.63, 3.8) is 0 Å². The minimum atomic E-state index is 0.0325. The van der Waals surface area contributed by atoms with Gasteiger partial charge in [0.25, 0.3) is 0 Å². The first-order chi connectivity index (χ1) is 7.04. The molecule has 0 aliphatic carbocycles. The Morgan fingerprint density at radius 3 is 2.60 bits per heavy atom. The monoisotopic (exact) mass is 212 g/mol. The van der Waals surface area contributed by atoms with Crippen LogP contribution in [0.3, 0.4) is 0 Å². The highest BCUT2D eigenvalue weighted by atomic mass is 16.5. The second kappa shape index (κ2) is 5.28. The molecule has 0 radical (unpaired) electrons. The van der Waals surface area contributed by atoms with Gasteiger partial charge in [0.1, 0.15) is 0 Å². The highest BCUT2D eigenvalue weighted by Crippen LogP contribution is 2.13. The molecular formula is C11H20N2O2. The summed E-state index contributed by atoms with van der Waals surface area (Å²) in [5.74, 6) is 0. The quantitative estimate of drug-likeness (QED) is 0.698. The van der Waals surface area contributed by atoms with Crippen LogP contribution in [0.5, 0.6) is 0 Å². The van der Waals surface area contributed by atoms with Gasteiger partial charge in [-0.25, -0.2) is 0 Å². The van der Waals surface area contributed by atoms with Gasteiger partial charge >= 0.3 is 0 Å². The molecule has 0 unspecified atom stereocenters. The number of nitrogens with zero attached hydrogens (tertiary/aromatic N) is 2. The lowest BCUT2D eigenvalue weighted by molar-refractivity contribution is 0.0616. The molecule has 0 saturated carbocycles. The lowest BCUT2D eigenvalue weighted by atomic mass is 10.1. The van der Waals surface area contributed by atoms with Gasteiger partial charge < -0.3 is 9.47 Å². The van der Waals surface area contributed by atoms with Crippen molar-refractivity contribution in [2.75, 3.05) is 20.3 Å². The molecule has 1 aromatic heterocycles. The normalized spacial score (nSPS) is 12.0. The van der Waals surface area contributed by atoms with E-state index in [1.54, 1.807) is 7.11 Å². The topological polar surface area (TPSA) is 36.3 Å². The zero-order chi connectivity index (χ0) is 11.3. The number of rotatable bonds is 5. The van der Waals surface area contributed by atoms with Gasteiger partial charge in [0.05, 0.1) is 31.6 Å². The van der Waals surface area contributed by atoms with Crippen LogP contribution in [0.1, 0.15) is 26.3 Å². The number of hydrogen-bond donors (Lipinski definition) is 0. The molecule has 86 valence electrons. The third-order valence-corrected chi connectivity index (χ3v) is 2.02. The van der Waals surface area contributed by atoms with Gasteiger partial charge in [0, 0.05) is 18.9 Å². The molecule has 1 heterocycles. The molecular weight excluding hydrogens is 192 g/mol. The first kappa shape index (κ1) is 12.2. The molecule has 0 atom stereocenters. The van der Waals surface area contributed by atoms with Crippen LogP contribution in [-0.4, -0.2) is 30.1 Å². The van der Waals surface area contributed by atoms with E-state index in [2.05, 4.69) is 25.9 Å². The molecule has 0 aliphatic rings. The van der Waals surface area contributed by atoms with Crippen molar-refractivity contribution in [3.05, 3.63) is 18.0 Å². The molecule has 1 aromatic rings. The number of ether oxygens (including phenoxy) is 2. The van der Waals surface area contributed by atoms with Crippen molar-refractivity contribution in [2.45, 2.75) is 32.9 Å². The fourth-order valence-corrected chi connectivity index (χ4v) is 1.13. The summed E-state index contributed by atoms with van der Waals surface area (Å²) in [6.45, 7) is 8.21. The molecule has 0 amide bonds. The SMILES string of the molecule is COCCOCc1cnn(C(C)(C)C)c1. The lowest BCUT2D eigenvalue weighted by Crippen LogP contribution is -2.21. The van der Waals surface area contributed by atoms with Crippen LogP contribution in [0.4, 0.5) is 0 Å². The van der Waals surface area contributed by atoms with Gasteiger partial charge in [0.15, 0.2) is 0 Å².